The Kier molecular flexibility index (Phi) is 4.85. The first-order valence-electron chi connectivity index (χ1n) is 10.0. The number of halogens is 1. The van der Waals surface area contributed by atoms with E-state index in [0.717, 1.165) is 22.6 Å². The van der Waals surface area contributed by atoms with Gasteiger partial charge in [-0.15, -0.1) is 5.10 Å². The number of aromatic nitrogens is 5. The number of nitrogens with zero attached hydrogens (tertiary/aromatic N) is 5. The Labute approximate surface area is 183 Å². The Balaban J connectivity index is 1.58. The molecule has 1 atom stereocenters. The molecule has 3 heterocycles. The van der Waals surface area contributed by atoms with Crippen LogP contribution in [-0.2, 0) is 4.79 Å². The van der Waals surface area contributed by atoms with Gasteiger partial charge in [-0.3, -0.25) is 4.79 Å². The van der Waals surface area contributed by atoms with Gasteiger partial charge < -0.3 is 10.1 Å². The first-order chi connectivity index (χ1) is 15.5. The molecule has 0 unspecified atom stereocenters. The summed E-state index contributed by atoms with van der Waals surface area (Å²) in [7, 11) is 1.61. The van der Waals surface area contributed by atoms with Crippen LogP contribution in [0.15, 0.2) is 54.7 Å². The highest BCUT2D eigenvalue weighted by atomic mass is 19.1. The van der Waals surface area contributed by atoms with Crippen LogP contribution in [0.1, 0.15) is 29.2 Å². The lowest BCUT2D eigenvalue weighted by atomic mass is 9.86. The van der Waals surface area contributed by atoms with Crippen molar-refractivity contribution in [2.24, 2.45) is 0 Å². The molecule has 8 nitrogen and oxygen atoms in total. The number of anilines is 1. The zero-order valence-corrected chi connectivity index (χ0v) is 17.4. The minimum absolute atomic E-state index is 0.123. The summed E-state index contributed by atoms with van der Waals surface area (Å²) in [6.07, 6.45) is 1.80. The van der Waals surface area contributed by atoms with E-state index in [1.54, 1.807) is 19.2 Å². The summed E-state index contributed by atoms with van der Waals surface area (Å²) >= 11 is 0. The first kappa shape index (κ1) is 19.8. The Morgan fingerprint density at radius 3 is 2.59 bits per heavy atom. The summed E-state index contributed by atoms with van der Waals surface area (Å²) in [6, 6.07) is 13.6. The Morgan fingerprint density at radius 2 is 1.88 bits per heavy atom. The molecule has 0 bridgehead atoms. The van der Waals surface area contributed by atoms with E-state index in [1.165, 1.54) is 23.0 Å². The topological polar surface area (TPSA) is 94.8 Å². The number of carbonyl (C=O) groups excluding carboxylic acids is 1. The molecule has 1 amide bonds. The van der Waals surface area contributed by atoms with E-state index in [2.05, 4.69) is 25.6 Å². The Hall–Kier alpha value is -4.14. The van der Waals surface area contributed by atoms with E-state index in [-0.39, 0.29) is 23.6 Å². The van der Waals surface area contributed by atoms with Crippen LogP contribution < -0.4 is 10.1 Å². The van der Waals surface area contributed by atoms with E-state index in [1.807, 2.05) is 31.2 Å². The number of rotatable bonds is 4. The van der Waals surface area contributed by atoms with Gasteiger partial charge in [0.2, 0.25) is 5.91 Å². The lowest BCUT2D eigenvalue weighted by molar-refractivity contribution is -0.116. The molecule has 160 valence electrons. The lowest BCUT2D eigenvalue weighted by Crippen LogP contribution is -2.25. The molecule has 0 aliphatic carbocycles. The molecule has 0 spiro atoms. The van der Waals surface area contributed by atoms with Crippen LogP contribution in [0.5, 0.6) is 5.75 Å². The van der Waals surface area contributed by atoms with Crippen molar-refractivity contribution in [3.63, 3.8) is 0 Å². The van der Waals surface area contributed by atoms with Gasteiger partial charge in [-0.05, 0) is 48.9 Å². The maximum atomic E-state index is 13.3. The van der Waals surface area contributed by atoms with Gasteiger partial charge in [-0.2, -0.15) is 14.9 Å². The SMILES string of the molecule is COc1ccc([C@H]2CC(=O)Nc3c2c(C)nn3-c2nncc(-c3ccc(F)cc3)n2)cc1. The number of amides is 1. The Morgan fingerprint density at radius 1 is 1.12 bits per heavy atom. The third-order valence-electron chi connectivity index (χ3n) is 5.50. The zero-order valence-electron chi connectivity index (χ0n) is 17.4. The second-order valence-corrected chi connectivity index (χ2v) is 7.49. The van der Waals surface area contributed by atoms with Crippen molar-refractivity contribution in [1.82, 2.24) is 25.0 Å². The zero-order chi connectivity index (χ0) is 22.2. The van der Waals surface area contributed by atoms with Gasteiger partial charge >= 0.3 is 0 Å². The van der Waals surface area contributed by atoms with E-state index in [0.29, 0.717) is 23.5 Å². The van der Waals surface area contributed by atoms with Crippen molar-refractivity contribution in [3.05, 3.63) is 77.4 Å². The number of nitrogens with one attached hydrogen (secondary N) is 1. The fourth-order valence-corrected chi connectivity index (χ4v) is 3.96. The lowest BCUT2D eigenvalue weighted by Gasteiger charge is -2.24. The summed E-state index contributed by atoms with van der Waals surface area (Å²) in [5.74, 6) is 0.872. The highest BCUT2D eigenvalue weighted by Crippen LogP contribution is 2.40. The number of fused-ring (bicyclic) bond motifs is 1. The molecule has 32 heavy (non-hydrogen) atoms. The molecule has 9 heteroatoms. The summed E-state index contributed by atoms with van der Waals surface area (Å²) in [4.78, 5) is 17.1. The molecule has 1 aliphatic heterocycles. The van der Waals surface area contributed by atoms with Crippen LogP contribution in [0.4, 0.5) is 10.2 Å². The number of benzene rings is 2. The van der Waals surface area contributed by atoms with Gasteiger partial charge in [0, 0.05) is 23.5 Å². The van der Waals surface area contributed by atoms with Crippen LogP contribution in [-0.4, -0.2) is 38.0 Å². The highest BCUT2D eigenvalue weighted by molar-refractivity contribution is 5.95. The molecule has 2 aromatic carbocycles. The molecule has 2 aromatic heterocycles. The average Bonchev–Trinajstić information content (AvgIpc) is 3.15. The molecule has 1 aliphatic rings. The van der Waals surface area contributed by atoms with Crippen molar-refractivity contribution in [3.8, 4) is 23.0 Å². The second kappa shape index (κ2) is 7.84. The predicted molar refractivity (Wildman–Crippen MR) is 115 cm³/mol. The first-order valence-corrected chi connectivity index (χ1v) is 10.0. The van der Waals surface area contributed by atoms with Crippen molar-refractivity contribution >= 4 is 11.7 Å². The molecule has 0 saturated heterocycles. The highest BCUT2D eigenvalue weighted by Gasteiger charge is 2.33. The molecule has 0 saturated carbocycles. The maximum absolute atomic E-state index is 13.3. The van der Waals surface area contributed by atoms with Gasteiger partial charge in [0.25, 0.3) is 5.95 Å². The van der Waals surface area contributed by atoms with Crippen molar-refractivity contribution < 1.29 is 13.9 Å². The summed E-state index contributed by atoms with van der Waals surface area (Å²) in [5, 5.41) is 15.7. The fourth-order valence-electron chi connectivity index (χ4n) is 3.96. The van der Waals surface area contributed by atoms with E-state index in [9.17, 15) is 9.18 Å². The minimum atomic E-state index is -0.333. The summed E-state index contributed by atoms with van der Waals surface area (Å²) in [6.45, 7) is 1.89. The molecule has 0 fully saturated rings. The number of hydrogen-bond acceptors (Lipinski definition) is 6. The largest absolute Gasteiger partial charge is 0.497 e. The van der Waals surface area contributed by atoms with Gasteiger partial charge in [0.15, 0.2) is 0 Å². The maximum Gasteiger partial charge on any atom is 0.272 e. The minimum Gasteiger partial charge on any atom is -0.497 e. The predicted octanol–water partition coefficient (Wildman–Crippen LogP) is 3.65. The third kappa shape index (κ3) is 3.47. The van der Waals surface area contributed by atoms with Crippen LogP contribution in [0, 0.1) is 12.7 Å². The van der Waals surface area contributed by atoms with E-state index < -0.39 is 0 Å². The molecule has 1 N–H and O–H groups in total. The molecular formula is C23H19FN6O2. The number of ether oxygens (including phenoxy) is 1. The summed E-state index contributed by atoms with van der Waals surface area (Å²) < 4.78 is 20.0. The van der Waals surface area contributed by atoms with Gasteiger partial charge in [-0.1, -0.05) is 12.1 Å². The van der Waals surface area contributed by atoms with E-state index >= 15 is 0 Å². The van der Waals surface area contributed by atoms with E-state index in [4.69, 9.17) is 4.74 Å². The number of methoxy groups -OCH3 is 1. The van der Waals surface area contributed by atoms with Crippen LogP contribution in [0.25, 0.3) is 17.2 Å². The van der Waals surface area contributed by atoms with Gasteiger partial charge in [0.05, 0.1) is 24.7 Å². The van der Waals surface area contributed by atoms with Crippen LogP contribution >= 0.6 is 0 Å². The smallest absolute Gasteiger partial charge is 0.272 e. The molecule has 5 rings (SSSR count). The number of aryl methyl sites for hydroxylation is 1. The standard InChI is InChI=1S/C23H19FN6O2/c1-13-21-18(14-5-9-17(32-2)10-6-14)11-20(31)27-22(21)30(29-13)23-26-19(12-25-28-23)15-3-7-16(24)8-4-15/h3-10,12,18H,11H2,1-2H3,(H,27,31)/t18-/m1/s1. The normalized spacial score (nSPS) is 15.2. The molecule has 4 aromatic rings. The summed E-state index contributed by atoms with van der Waals surface area (Å²) in [5.41, 5.74) is 3.87. The number of hydrogen-bond donors (Lipinski definition) is 1. The molecular weight excluding hydrogens is 411 g/mol. The van der Waals surface area contributed by atoms with Gasteiger partial charge in [0.1, 0.15) is 17.4 Å². The van der Waals surface area contributed by atoms with Crippen molar-refractivity contribution in [2.75, 3.05) is 12.4 Å². The third-order valence-corrected chi connectivity index (χ3v) is 5.50. The van der Waals surface area contributed by atoms with Gasteiger partial charge in [-0.25, -0.2) is 9.37 Å². The molecule has 0 radical (unpaired) electrons. The average molecular weight is 430 g/mol. The quantitative estimate of drug-likeness (QED) is 0.531. The van der Waals surface area contributed by atoms with Crippen molar-refractivity contribution in [1.29, 1.82) is 0 Å². The monoisotopic (exact) mass is 430 g/mol. The van der Waals surface area contributed by atoms with Crippen LogP contribution in [0.3, 0.4) is 0 Å². The van der Waals surface area contributed by atoms with Crippen molar-refractivity contribution in [2.45, 2.75) is 19.3 Å². The van der Waals surface area contributed by atoms with Crippen LogP contribution in [0.2, 0.25) is 0 Å². The number of carbonyl (C=O) groups is 1. The second-order valence-electron chi connectivity index (χ2n) is 7.49. The fraction of sp³-hybridized carbons (Fsp3) is 0.174. The Bertz CT molecular complexity index is 1300.